The average Bonchev–Trinajstić information content (AvgIpc) is 2.63. The molecule has 0 aliphatic carbocycles. The molecule has 1 aromatic carbocycles. The highest BCUT2D eigenvalue weighted by Gasteiger charge is 2.23. The highest BCUT2D eigenvalue weighted by Crippen LogP contribution is 2.14. The number of piperidine rings is 1. The van der Waals surface area contributed by atoms with Crippen LogP contribution in [-0.2, 0) is 16.1 Å². The average molecular weight is 361 g/mol. The summed E-state index contributed by atoms with van der Waals surface area (Å²) < 4.78 is 5.15. The second-order valence-electron chi connectivity index (χ2n) is 7.31. The fourth-order valence-corrected chi connectivity index (χ4v) is 3.01. The first-order valence-corrected chi connectivity index (χ1v) is 9.28. The van der Waals surface area contributed by atoms with Gasteiger partial charge in [0.2, 0.25) is 11.8 Å². The quantitative estimate of drug-likeness (QED) is 0.806. The van der Waals surface area contributed by atoms with Crippen LogP contribution in [0.4, 0.5) is 0 Å². The first-order valence-electron chi connectivity index (χ1n) is 9.28. The van der Waals surface area contributed by atoms with Crippen molar-refractivity contribution in [3.8, 4) is 5.75 Å². The van der Waals surface area contributed by atoms with Crippen LogP contribution in [0.5, 0.6) is 5.75 Å². The van der Waals surface area contributed by atoms with E-state index in [2.05, 4.69) is 10.2 Å². The van der Waals surface area contributed by atoms with Gasteiger partial charge in [-0.05, 0) is 30.5 Å². The summed E-state index contributed by atoms with van der Waals surface area (Å²) in [7, 11) is 3.48. The fraction of sp³-hybridized carbons (Fsp3) is 0.600. The Balaban J connectivity index is 1.74. The third-order valence-corrected chi connectivity index (χ3v) is 4.82. The van der Waals surface area contributed by atoms with Crippen molar-refractivity contribution in [2.45, 2.75) is 39.3 Å². The SMILES string of the molecule is COc1ccc(CN(C)C(=O)CN2CCC(NC(=O)C(C)C)CC2)cc1. The number of benzene rings is 1. The van der Waals surface area contributed by atoms with Gasteiger partial charge >= 0.3 is 0 Å². The van der Waals surface area contributed by atoms with Gasteiger partial charge in [-0.2, -0.15) is 0 Å². The molecule has 1 heterocycles. The monoisotopic (exact) mass is 361 g/mol. The van der Waals surface area contributed by atoms with Crippen LogP contribution in [0.25, 0.3) is 0 Å². The molecule has 6 heteroatoms. The zero-order valence-corrected chi connectivity index (χ0v) is 16.3. The van der Waals surface area contributed by atoms with Gasteiger partial charge in [0.05, 0.1) is 13.7 Å². The molecule has 144 valence electrons. The van der Waals surface area contributed by atoms with Crippen LogP contribution in [0.15, 0.2) is 24.3 Å². The van der Waals surface area contributed by atoms with Gasteiger partial charge in [0, 0.05) is 38.6 Å². The largest absolute Gasteiger partial charge is 0.497 e. The van der Waals surface area contributed by atoms with E-state index in [9.17, 15) is 9.59 Å². The Morgan fingerprint density at radius 3 is 2.38 bits per heavy atom. The van der Waals surface area contributed by atoms with Gasteiger partial charge in [0.25, 0.3) is 0 Å². The van der Waals surface area contributed by atoms with Crippen molar-refractivity contribution in [2.24, 2.45) is 5.92 Å². The summed E-state index contributed by atoms with van der Waals surface area (Å²) in [6, 6.07) is 8.00. The minimum Gasteiger partial charge on any atom is -0.497 e. The number of rotatable bonds is 7. The lowest BCUT2D eigenvalue weighted by atomic mass is 10.0. The van der Waals surface area contributed by atoms with Gasteiger partial charge in [-0.3, -0.25) is 14.5 Å². The molecular weight excluding hydrogens is 330 g/mol. The van der Waals surface area contributed by atoms with Gasteiger partial charge in [0.1, 0.15) is 5.75 Å². The van der Waals surface area contributed by atoms with E-state index in [1.807, 2.05) is 45.2 Å². The molecule has 1 aliphatic heterocycles. The molecule has 0 atom stereocenters. The van der Waals surface area contributed by atoms with Crippen LogP contribution in [0.1, 0.15) is 32.3 Å². The molecule has 1 aromatic rings. The lowest BCUT2D eigenvalue weighted by Gasteiger charge is -2.33. The number of likely N-dealkylation sites (N-methyl/N-ethyl adjacent to an activating group) is 1. The first kappa shape index (κ1) is 20.2. The van der Waals surface area contributed by atoms with Crippen LogP contribution >= 0.6 is 0 Å². The summed E-state index contributed by atoms with van der Waals surface area (Å²) in [5.41, 5.74) is 1.08. The number of hydrogen-bond donors (Lipinski definition) is 1. The molecule has 0 spiro atoms. The standard InChI is InChI=1S/C20H31N3O3/c1-15(2)20(25)21-17-9-11-23(12-10-17)14-19(24)22(3)13-16-5-7-18(26-4)8-6-16/h5-8,15,17H,9-14H2,1-4H3,(H,21,25). The van der Waals surface area contributed by atoms with Crippen molar-refractivity contribution in [1.82, 2.24) is 15.1 Å². The van der Waals surface area contributed by atoms with Gasteiger partial charge < -0.3 is 15.0 Å². The Kier molecular flexibility index (Phi) is 7.45. The van der Waals surface area contributed by atoms with Crippen LogP contribution < -0.4 is 10.1 Å². The molecule has 6 nitrogen and oxygen atoms in total. The summed E-state index contributed by atoms with van der Waals surface area (Å²) in [5, 5.41) is 3.09. The molecule has 2 rings (SSSR count). The Morgan fingerprint density at radius 2 is 1.85 bits per heavy atom. The highest BCUT2D eigenvalue weighted by atomic mass is 16.5. The molecule has 1 aliphatic rings. The highest BCUT2D eigenvalue weighted by molar-refractivity contribution is 5.78. The zero-order valence-electron chi connectivity index (χ0n) is 16.3. The van der Waals surface area contributed by atoms with Crippen molar-refractivity contribution in [1.29, 1.82) is 0 Å². The number of nitrogens with one attached hydrogen (secondary N) is 1. The lowest BCUT2D eigenvalue weighted by molar-refractivity contribution is -0.132. The second-order valence-corrected chi connectivity index (χ2v) is 7.31. The summed E-state index contributed by atoms with van der Waals surface area (Å²) in [4.78, 5) is 28.2. The molecule has 0 unspecified atom stereocenters. The number of carbonyl (C=O) groups is 2. The summed E-state index contributed by atoms with van der Waals surface area (Å²) in [5.74, 6) is 1.06. The Bertz CT molecular complexity index is 593. The van der Waals surface area contributed by atoms with Crippen molar-refractivity contribution in [3.05, 3.63) is 29.8 Å². The number of amides is 2. The van der Waals surface area contributed by atoms with Crippen LogP contribution in [0, 0.1) is 5.92 Å². The van der Waals surface area contributed by atoms with E-state index < -0.39 is 0 Å². The number of ether oxygens (including phenoxy) is 1. The van der Waals surface area contributed by atoms with Gasteiger partial charge in [0.15, 0.2) is 0 Å². The summed E-state index contributed by atoms with van der Waals surface area (Å²) >= 11 is 0. The van der Waals surface area contributed by atoms with E-state index in [1.165, 1.54) is 0 Å². The van der Waals surface area contributed by atoms with E-state index in [0.29, 0.717) is 13.1 Å². The summed E-state index contributed by atoms with van der Waals surface area (Å²) in [6.45, 7) is 6.50. The van der Waals surface area contributed by atoms with E-state index in [0.717, 1.165) is 37.2 Å². The maximum Gasteiger partial charge on any atom is 0.236 e. The molecule has 0 bridgehead atoms. The Hall–Kier alpha value is -2.08. The molecule has 1 fully saturated rings. The van der Waals surface area contributed by atoms with Crippen molar-refractivity contribution in [2.75, 3.05) is 33.8 Å². The molecule has 0 aromatic heterocycles. The van der Waals surface area contributed by atoms with Crippen molar-refractivity contribution >= 4 is 11.8 Å². The lowest BCUT2D eigenvalue weighted by Crippen LogP contribution is -2.48. The van der Waals surface area contributed by atoms with Crippen molar-refractivity contribution < 1.29 is 14.3 Å². The van der Waals surface area contributed by atoms with E-state index in [4.69, 9.17) is 4.74 Å². The predicted molar refractivity (Wildman–Crippen MR) is 102 cm³/mol. The predicted octanol–water partition coefficient (Wildman–Crippen LogP) is 1.89. The molecule has 0 saturated carbocycles. The van der Waals surface area contributed by atoms with Gasteiger partial charge in [-0.1, -0.05) is 26.0 Å². The fourth-order valence-electron chi connectivity index (χ4n) is 3.01. The number of likely N-dealkylation sites (tertiary alicyclic amines) is 1. The number of carbonyl (C=O) groups excluding carboxylic acids is 2. The van der Waals surface area contributed by atoms with E-state index >= 15 is 0 Å². The minimum atomic E-state index is 0.0150. The topological polar surface area (TPSA) is 61.9 Å². The normalized spacial score (nSPS) is 15.7. The summed E-state index contributed by atoms with van der Waals surface area (Å²) in [6.07, 6.45) is 1.79. The third kappa shape index (κ3) is 6.02. The van der Waals surface area contributed by atoms with Gasteiger partial charge in [-0.15, -0.1) is 0 Å². The molecule has 0 radical (unpaired) electrons. The molecule has 1 saturated heterocycles. The van der Waals surface area contributed by atoms with E-state index in [1.54, 1.807) is 12.0 Å². The van der Waals surface area contributed by atoms with Gasteiger partial charge in [-0.25, -0.2) is 0 Å². The molecule has 26 heavy (non-hydrogen) atoms. The number of methoxy groups -OCH3 is 1. The number of hydrogen-bond acceptors (Lipinski definition) is 4. The molecular formula is C20H31N3O3. The minimum absolute atomic E-state index is 0.0150. The van der Waals surface area contributed by atoms with E-state index in [-0.39, 0.29) is 23.8 Å². The first-order chi connectivity index (χ1) is 12.4. The third-order valence-electron chi connectivity index (χ3n) is 4.82. The zero-order chi connectivity index (χ0) is 19.1. The molecule has 1 N–H and O–H groups in total. The van der Waals surface area contributed by atoms with Crippen LogP contribution in [0.2, 0.25) is 0 Å². The van der Waals surface area contributed by atoms with Crippen LogP contribution in [0.3, 0.4) is 0 Å². The van der Waals surface area contributed by atoms with Crippen LogP contribution in [-0.4, -0.2) is 61.4 Å². The Labute approximate surface area is 156 Å². The smallest absolute Gasteiger partial charge is 0.236 e. The second kappa shape index (κ2) is 9.57. The maximum absolute atomic E-state index is 12.5. The maximum atomic E-state index is 12.5. The Morgan fingerprint density at radius 1 is 1.23 bits per heavy atom. The number of nitrogens with zero attached hydrogens (tertiary/aromatic N) is 2. The molecule has 2 amide bonds. The van der Waals surface area contributed by atoms with Crippen molar-refractivity contribution in [3.63, 3.8) is 0 Å².